The Bertz CT molecular complexity index is 1270. The standard InChI is InChI=1S/C26H26N2O2S2/c1-15-8-10-18-22(12-15)32-26(24(18)25-27-19-6-4-5-7-21(19)31-25)28-23(29)14-17-9-11-20(30-3)16(2)13-17/h4-7,9,11,13,15H,8,10,12,14H2,1-3H3,(H,28,29)/t15-/m1/s1. The van der Waals surface area contributed by atoms with Crippen LogP contribution in [0.4, 0.5) is 5.00 Å². The number of hydrogen-bond acceptors (Lipinski definition) is 5. The lowest BCUT2D eigenvalue weighted by Crippen LogP contribution is -2.14. The predicted octanol–water partition coefficient (Wildman–Crippen LogP) is 6.65. The van der Waals surface area contributed by atoms with E-state index in [1.54, 1.807) is 29.8 Å². The quantitative estimate of drug-likeness (QED) is 0.361. The molecule has 0 spiro atoms. The highest BCUT2D eigenvalue weighted by Gasteiger charge is 2.27. The summed E-state index contributed by atoms with van der Waals surface area (Å²) in [6.07, 6.45) is 3.64. The molecule has 6 heteroatoms. The summed E-state index contributed by atoms with van der Waals surface area (Å²) in [6.45, 7) is 4.31. The van der Waals surface area contributed by atoms with Crippen molar-refractivity contribution in [1.29, 1.82) is 0 Å². The molecule has 0 unspecified atom stereocenters. The van der Waals surface area contributed by atoms with Crippen LogP contribution in [-0.4, -0.2) is 18.0 Å². The average Bonchev–Trinajstić information content (AvgIpc) is 3.33. The largest absolute Gasteiger partial charge is 0.496 e. The Kier molecular flexibility index (Phi) is 5.74. The number of aryl methyl sites for hydroxylation is 1. The van der Waals surface area contributed by atoms with E-state index in [9.17, 15) is 4.79 Å². The predicted molar refractivity (Wildman–Crippen MR) is 134 cm³/mol. The molecule has 32 heavy (non-hydrogen) atoms. The zero-order valence-corrected chi connectivity index (χ0v) is 20.2. The third-order valence-electron chi connectivity index (χ3n) is 6.10. The average molecular weight is 463 g/mol. The minimum absolute atomic E-state index is 0.00331. The lowest BCUT2D eigenvalue weighted by molar-refractivity contribution is -0.115. The molecule has 0 aliphatic heterocycles. The zero-order valence-electron chi connectivity index (χ0n) is 18.5. The Morgan fingerprint density at radius 1 is 1.22 bits per heavy atom. The zero-order chi connectivity index (χ0) is 22.2. The molecule has 4 aromatic rings. The number of carbonyl (C=O) groups is 1. The molecule has 4 nitrogen and oxygen atoms in total. The number of anilines is 1. The third-order valence-corrected chi connectivity index (χ3v) is 8.32. The van der Waals surface area contributed by atoms with Crippen molar-refractivity contribution >= 4 is 43.8 Å². The number of aromatic nitrogens is 1. The summed E-state index contributed by atoms with van der Waals surface area (Å²) >= 11 is 3.44. The third kappa shape index (κ3) is 4.05. The number of carbonyl (C=O) groups excluding carboxylic acids is 1. The Morgan fingerprint density at radius 2 is 2.06 bits per heavy atom. The maximum absolute atomic E-state index is 13.0. The first-order chi connectivity index (χ1) is 15.5. The monoisotopic (exact) mass is 462 g/mol. The van der Waals surface area contributed by atoms with Gasteiger partial charge in [-0.1, -0.05) is 31.2 Å². The summed E-state index contributed by atoms with van der Waals surface area (Å²) in [4.78, 5) is 19.3. The van der Waals surface area contributed by atoms with Crippen LogP contribution in [0.3, 0.4) is 0 Å². The molecule has 5 rings (SSSR count). The van der Waals surface area contributed by atoms with Crippen LogP contribution >= 0.6 is 22.7 Å². The minimum Gasteiger partial charge on any atom is -0.496 e. The van der Waals surface area contributed by atoms with Crippen molar-refractivity contribution in [2.45, 2.75) is 39.5 Å². The van der Waals surface area contributed by atoms with E-state index in [0.29, 0.717) is 12.3 Å². The molecule has 2 aromatic heterocycles. The smallest absolute Gasteiger partial charge is 0.229 e. The van der Waals surface area contributed by atoms with Crippen molar-refractivity contribution in [3.05, 3.63) is 64.0 Å². The molecule has 2 heterocycles. The number of thiophene rings is 1. The van der Waals surface area contributed by atoms with Gasteiger partial charge in [-0.2, -0.15) is 0 Å². The first kappa shape index (κ1) is 21.2. The SMILES string of the molecule is COc1ccc(CC(=O)Nc2sc3c(c2-c2nc4ccccc4s2)CC[C@@H](C)C3)cc1C. The lowest BCUT2D eigenvalue weighted by Gasteiger charge is -2.18. The van der Waals surface area contributed by atoms with Crippen LogP contribution < -0.4 is 10.1 Å². The van der Waals surface area contributed by atoms with Gasteiger partial charge in [-0.25, -0.2) is 4.98 Å². The van der Waals surface area contributed by atoms with Crippen molar-refractivity contribution in [2.24, 2.45) is 5.92 Å². The molecule has 1 aliphatic carbocycles. The van der Waals surface area contributed by atoms with Crippen LogP contribution in [0.15, 0.2) is 42.5 Å². The van der Waals surface area contributed by atoms with Crippen LogP contribution in [-0.2, 0) is 24.1 Å². The second kappa shape index (κ2) is 8.68. The first-order valence-electron chi connectivity index (χ1n) is 11.0. The van der Waals surface area contributed by atoms with Crippen molar-refractivity contribution < 1.29 is 9.53 Å². The molecule has 2 aromatic carbocycles. The van der Waals surface area contributed by atoms with E-state index in [-0.39, 0.29) is 5.91 Å². The fraction of sp³-hybridized carbons (Fsp3) is 0.308. The van der Waals surface area contributed by atoms with Gasteiger partial charge in [-0.05, 0) is 67.0 Å². The number of nitrogens with one attached hydrogen (secondary N) is 1. The van der Waals surface area contributed by atoms with Crippen molar-refractivity contribution in [3.63, 3.8) is 0 Å². The Hall–Kier alpha value is -2.70. The number of methoxy groups -OCH3 is 1. The molecule has 0 saturated carbocycles. The number of fused-ring (bicyclic) bond motifs is 2. The van der Waals surface area contributed by atoms with Crippen molar-refractivity contribution in [1.82, 2.24) is 4.98 Å². The van der Waals surface area contributed by atoms with Gasteiger partial charge in [0.15, 0.2) is 0 Å². The summed E-state index contributed by atoms with van der Waals surface area (Å²) in [6, 6.07) is 14.2. The number of thiazole rings is 1. The summed E-state index contributed by atoms with van der Waals surface area (Å²) < 4.78 is 6.52. The number of hydrogen-bond donors (Lipinski definition) is 1. The van der Waals surface area contributed by atoms with Gasteiger partial charge < -0.3 is 10.1 Å². The fourth-order valence-electron chi connectivity index (χ4n) is 4.45. The number of benzene rings is 2. The van der Waals surface area contributed by atoms with Gasteiger partial charge in [-0.3, -0.25) is 4.79 Å². The van der Waals surface area contributed by atoms with Gasteiger partial charge in [0.25, 0.3) is 0 Å². The van der Waals surface area contributed by atoms with E-state index in [1.807, 2.05) is 31.2 Å². The van der Waals surface area contributed by atoms with Gasteiger partial charge in [0.2, 0.25) is 5.91 Å². The highest BCUT2D eigenvalue weighted by molar-refractivity contribution is 7.22. The number of nitrogens with zero attached hydrogens (tertiary/aromatic N) is 1. The topological polar surface area (TPSA) is 51.2 Å². The fourth-order valence-corrected chi connectivity index (χ4v) is 6.99. The van der Waals surface area contributed by atoms with Crippen LogP contribution in [0, 0.1) is 12.8 Å². The van der Waals surface area contributed by atoms with Gasteiger partial charge in [-0.15, -0.1) is 22.7 Å². The molecular weight excluding hydrogens is 436 g/mol. The van der Waals surface area contributed by atoms with Crippen LogP contribution in [0.5, 0.6) is 5.75 Å². The summed E-state index contributed by atoms with van der Waals surface area (Å²) in [5.74, 6) is 1.52. The number of rotatable bonds is 5. The number of para-hydroxylation sites is 1. The van der Waals surface area contributed by atoms with Crippen LogP contribution in [0.1, 0.15) is 34.9 Å². The van der Waals surface area contributed by atoms with Gasteiger partial charge in [0.1, 0.15) is 15.8 Å². The lowest BCUT2D eigenvalue weighted by atomic mass is 9.88. The minimum atomic E-state index is 0.00331. The summed E-state index contributed by atoms with van der Waals surface area (Å²) in [5, 5.41) is 5.19. The Labute approximate surface area is 196 Å². The Balaban J connectivity index is 1.48. The maximum Gasteiger partial charge on any atom is 0.229 e. The highest BCUT2D eigenvalue weighted by atomic mass is 32.1. The highest BCUT2D eigenvalue weighted by Crippen LogP contribution is 2.47. The van der Waals surface area contributed by atoms with E-state index in [2.05, 4.69) is 30.4 Å². The molecule has 0 bridgehead atoms. The van der Waals surface area contributed by atoms with E-state index in [0.717, 1.165) is 50.8 Å². The summed E-state index contributed by atoms with van der Waals surface area (Å²) in [5.41, 5.74) is 5.55. The van der Waals surface area contributed by atoms with E-state index < -0.39 is 0 Å². The van der Waals surface area contributed by atoms with E-state index >= 15 is 0 Å². The summed E-state index contributed by atoms with van der Waals surface area (Å²) in [7, 11) is 1.66. The molecule has 1 N–H and O–H groups in total. The number of amides is 1. The van der Waals surface area contributed by atoms with Crippen molar-refractivity contribution in [2.75, 3.05) is 12.4 Å². The molecule has 0 radical (unpaired) electrons. The molecule has 164 valence electrons. The second-order valence-electron chi connectivity index (χ2n) is 8.57. The maximum atomic E-state index is 13.0. The van der Waals surface area contributed by atoms with Gasteiger partial charge in [0, 0.05) is 10.4 Å². The first-order valence-corrected chi connectivity index (χ1v) is 12.6. The van der Waals surface area contributed by atoms with Crippen molar-refractivity contribution in [3.8, 4) is 16.3 Å². The number of ether oxygens (including phenoxy) is 1. The molecule has 0 saturated heterocycles. The van der Waals surface area contributed by atoms with E-state index in [4.69, 9.17) is 9.72 Å². The molecule has 1 amide bonds. The normalized spacial score (nSPS) is 15.5. The van der Waals surface area contributed by atoms with Gasteiger partial charge in [0.05, 0.1) is 23.7 Å². The molecule has 1 atom stereocenters. The van der Waals surface area contributed by atoms with E-state index in [1.165, 1.54) is 21.6 Å². The molecule has 1 aliphatic rings. The van der Waals surface area contributed by atoms with Crippen LogP contribution in [0.2, 0.25) is 0 Å². The Morgan fingerprint density at radius 3 is 2.84 bits per heavy atom. The van der Waals surface area contributed by atoms with Crippen LogP contribution in [0.25, 0.3) is 20.8 Å². The molecular formula is C26H26N2O2S2. The van der Waals surface area contributed by atoms with Gasteiger partial charge >= 0.3 is 0 Å². The second-order valence-corrected chi connectivity index (χ2v) is 10.7. The molecule has 0 fully saturated rings.